The fourth-order valence-corrected chi connectivity index (χ4v) is 6.51. The Bertz CT molecular complexity index is 622. The van der Waals surface area contributed by atoms with E-state index in [1.807, 2.05) is 0 Å². The van der Waals surface area contributed by atoms with Crippen LogP contribution in [-0.4, -0.2) is 11.6 Å². The normalized spacial score (nSPS) is 13.8. The summed E-state index contributed by atoms with van der Waals surface area (Å²) < 4.78 is 1.23. The molecular weight excluding hydrogens is 320 g/mol. The maximum Gasteiger partial charge on any atom is 0.216 e. The second-order valence-electron chi connectivity index (χ2n) is 2.88. The maximum absolute atomic E-state index is 12.1. The summed E-state index contributed by atoms with van der Waals surface area (Å²) in [4.78, 5) is 26.1. The summed E-state index contributed by atoms with van der Waals surface area (Å²) in [5, 5.41) is 0. The predicted molar refractivity (Wildman–Crippen MR) is 72.9 cm³/mol. The number of hydrogen-bond donors (Lipinski definition) is 0. The molecule has 0 saturated carbocycles. The van der Waals surface area contributed by atoms with Gasteiger partial charge in [0.2, 0.25) is 11.6 Å². The summed E-state index contributed by atoms with van der Waals surface area (Å²) >= 11 is 14.9. The van der Waals surface area contributed by atoms with Gasteiger partial charge < -0.3 is 0 Å². The minimum Gasteiger partial charge on any atom is -0.287 e. The van der Waals surface area contributed by atoms with E-state index < -0.39 is 0 Å². The molecule has 1 aliphatic rings. The molecule has 0 fully saturated rings. The Hall–Kier alpha value is -0.120. The largest absolute Gasteiger partial charge is 0.287 e. The number of carbonyl (C=O) groups is 2. The van der Waals surface area contributed by atoms with Crippen molar-refractivity contribution in [3.05, 3.63) is 25.8 Å². The summed E-state index contributed by atoms with van der Waals surface area (Å²) in [6.07, 6.45) is 0. The van der Waals surface area contributed by atoms with Gasteiger partial charge in [-0.3, -0.25) is 9.59 Å². The highest BCUT2D eigenvalue weighted by atomic mass is 32.2. The van der Waals surface area contributed by atoms with Crippen molar-refractivity contribution in [3.8, 4) is 0 Å². The zero-order chi connectivity index (χ0) is 11.4. The molecule has 0 amide bonds. The lowest BCUT2D eigenvalue weighted by Crippen LogP contribution is -2.14. The molecule has 0 spiro atoms. The van der Waals surface area contributed by atoms with Crippen molar-refractivity contribution >= 4 is 81.3 Å². The van der Waals surface area contributed by atoms with Crippen LogP contribution in [0.2, 0.25) is 0 Å². The number of fused-ring (bicyclic) bond motifs is 2. The molecular formula is C8O2S6. The number of ketones is 2. The molecule has 8 heteroatoms. The predicted octanol–water partition coefficient (Wildman–Crippen LogP) is 4.17. The van der Waals surface area contributed by atoms with Gasteiger partial charge in [-0.1, -0.05) is 24.4 Å². The molecule has 0 bridgehead atoms. The molecule has 16 heavy (non-hydrogen) atoms. The van der Waals surface area contributed by atoms with Crippen LogP contribution in [0.15, 0.2) is 0 Å². The van der Waals surface area contributed by atoms with Crippen molar-refractivity contribution in [3.63, 3.8) is 0 Å². The lowest BCUT2D eigenvalue weighted by molar-refractivity contribution is 0.0991. The molecule has 3 rings (SSSR count). The zero-order valence-electron chi connectivity index (χ0n) is 7.27. The first kappa shape index (κ1) is 11.0. The average Bonchev–Trinajstić information content (AvgIpc) is 2.78. The minimum atomic E-state index is -0.0979. The van der Waals surface area contributed by atoms with Gasteiger partial charge in [0.1, 0.15) is 6.28 Å². The highest BCUT2D eigenvalue weighted by Crippen LogP contribution is 2.39. The average molecular weight is 320 g/mol. The van der Waals surface area contributed by atoms with E-state index in [1.165, 1.54) is 45.3 Å². The van der Waals surface area contributed by atoms with Gasteiger partial charge in [0.15, 0.2) is 0 Å². The highest BCUT2D eigenvalue weighted by Gasteiger charge is 2.34. The maximum atomic E-state index is 12.1. The second-order valence-corrected chi connectivity index (χ2v) is 9.33. The van der Waals surface area contributed by atoms with Gasteiger partial charge in [-0.15, -0.1) is 45.3 Å². The molecule has 0 saturated heterocycles. The van der Waals surface area contributed by atoms with E-state index in [0.29, 0.717) is 25.8 Å². The van der Waals surface area contributed by atoms with Crippen LogP contribution in [0.4, 0.5) is 0 Å². The highest BCUT2D eigenvalue weighted by molar-refractivity contribution is 7.77. The van der Waals surface area contributed by atoms with Crippen LogP contribution >= 0.6 is 69.8 Å². The first-order valence-electron chi connectivity index (χ1n) is 3.95. The first-order chi connectivity index (χ1) is 7.58. The van der Waals surface area contributed by atoms with Crippen LogP contribution in [0.5, 0.6) is 0 Å². The Kier molecular flexibility index (Phi) is 2.54. The second kappa shape index (κ2) is 3.69. The minimum absolute atomic E-state index is 0.0979. The lowest BCUT2D eigenvalue weighted by atomic mass is 10.1. The van der Waals surface area contributed by atoms with Crippen LogP contribution in [0, 0.1) is 6.28 Å². The third-order valence-corrected chi connectivity index (χ3v) is 7.28. The Morgan fingerprint density at radius 1 is 0.625 bits per heavy atom. The summed E-state index contributed by atoms with van der Waals surface area (Å²) in [7, 11) is 0. The van der Waals surface area contributed by atoms with Crippen LogP contribution in [0.1, 0.15) is 29.1 Å². The Morgan fingerprint density at radius 3 is 1.12 bits per heavy atom. The fourth-order valence-electron chi connectivity index (χ4n) is 1.36. The number of carbonyl (C=O) groups excluding carboxylic acids is 2. The van der Waals surface area contributed by atoms with Gasteiger partial charge in [0, 0.05) is 0 Å². The third kappa shape index (κ3) is 1.45. The summed E-state index contributed by atoms with van der Waals surface area (Å²) in [6.45, 7) is 0. The van der Waals surface area contributed by atoms with Crippen LogP contribution in [0.25, 0.3) is 0 Å². The molecule has 0 atom stereocenters. The van der Waals surface area contributed by atoms with Gasteiger partial charge >= 0.3 is 0 Å². The topological polar surface area (TPSA) is 34.1 Å². The lowest BCUT2D eigenvalue weighted by Gasteiger charge is -2.06. The van der Waals surface area contributed by atoms with Crippen molar-refractivity contribution in [2.75, 3.05) is 0 Å². The van der Waals surface area contributed by atoms with Crippen molar-refractivity contribution in [2.24, 2.45) is 0 Å². The number of rotatable bonds is 0. The molecule has 2 heterocycles. The van der Waals surface area contributed by atoms with Gasteiger partial charge in [-0.2, -0.15) is 0 Å². The third-order valence-electron chi connectivity index (χ3n) is 1.98. The SMILES string of the molecule is O=C1c2sc(=S)sc2C(=O)c2sc(=S)sc21. The molecule has 0 N–H and O–H groups in total. The van der Waals surface area contributed by atoms with Crippen LogP contribution in [0.3, 0.4) is 0 Å². The Balaban J connectivity index is 2.41. The van der Waals surface area contributed by atoms with Crippen LogP contribution < -0.4 is 0 Å². The summed E-state index contributed by atoms with van der Waals surface area (Å²) in [5.74, 6) is -0.196. The molecule has 2 aromatic heterocycles. The van der Waals surface area contributed by atoms with E-state index in [0.717, 1.165) is 0 Å². The molecule has 0 unspecified atom stereocenters. The zero-order valence-corrected chi connectivity index (χ0v) is 12.2. The van der Waals surface area contributed by atoms with Crippen LogP contribution in [-0.2, 0) is 0 Å². The van der Waals surface area contributed by atoms with Crippen molar-refractivity contribution < 1.29 is 9.59 Å². The fraction of sp³-hybridized carbons (Fsp3) is 0. The van der Waals surface area contributed by atoms with Gasteiger partial charge in [-0.05, 0) is 0 Å². The molecule has 0 radical (unpaired) electrons. The monoisotopic (exact) mass is 320 g/mol. The number of hydrogen-bond acceptors (Lipinski definition) is 8. The van der Waals surface area contributed by atoms with Crippen molar-refractivity contribution in [1.82, 2.24) is 0 Å². The molecule has 80 valence electrons. The first-order valence-corrected chi connectivity index (χ1v) is 8.03. The van der Waals surface area contributed by atoms with Crippen molar-refractivity contribution in [1.29, 1.82) is 0 Å². The summed E-state index contributed by atoms with van der Waals surface area (Å²) in [5.41, 5.74) is 0. The smallest absolute Gasteiger partial charge is 0.216 e. The van der Waals surface area contributed by atoms with Gasteiger partial charge in [-0.25, -0.2) is 0 Å². The van der Waals surface area contributed by atoms with Crippen molar-refractivity contribution in [2.45, 2.75) is 0 Å². The molecule has 2 aromatic rings. The van der Waals surface area contributed by atoms with E-state index in [1.54, 1.807) is 0 Å². The molecule has 2 nitrogen and oxygen atoms in total. The summed E-state index contributed by atoms with van der Waals surface area (Å²) in [6, 6.07) is 0. The Labute approximate surface area is 116 Å². The van der Waals surface area contributed by atoms with E-state index in [2.05, 4.69) is 0 Å². The van der Waals surface area contributed by atoms with E-state index in [-0.39, 0.29) is 11.6 Å². The van der Waals surface area contributed by atoms with E-state index >= 15 is 0 Å². The molecule has 1 aliphatic carbocycles. The van der Waals surface area contributed by atoms with E-state index in [9.17, 15) is 9.59 Å². The quantitative estimate of drug-likeness (QED) is 0.582. The molecule has 0 aliphatic heterocycles. The van der Waals surface area contributed by atoms with E-state index in [4.69, 9.17) is 24.4 Å². The van der Waals surface area contributed by atoms with Gasteiger partial charge in [0.05, 0.1) is 19.5 Å². The van der Waals surface area contributed by atoms with Gasteiger partial charge in [0.25, 0.3) is 0 Å². The Morgan fingerprint density at radius 2 is 0.875 bits per heavy atom. The standard InChI is InChI=1S/C8O2S6/c9-1-3-5(15-7(11)13-3)2(10)6-4(1)14-8(12)16-6. The molecule has 0 aromatic carbocycles.